The molecule has 7 heteroatoms. The molecule has 0 radical (unpaired) electrons. The highest BCUT2D eigenvalue weighted by atomic mass is 32.2. The Bertz CT molecular complexity index is 402. The van der Waals surface area contributed by atoms with Gasteiger partial charge in [0, 0.05) is 25.8 Å². The standard InChI is InChI=1S/C14H24N2O4S/c1-4-5-6-12(17)16-9-21-8-11(16)13(18)15(3)7-10(2)14(19)20/h10-11H,4-9H2,1-3H3,(H,19,20). The van der Waals surface area contributed by atoms with Gasteiger partial charge >= 0.3 is 5.97 Å². The zero-order valence-corrected chi connectivity index (χ0v) is 13.7. The number of aliphatic carboxylic acids is 1. The van der Waals surface area contributed by atoms with Crippen molar-refractivity contribution in [2.75, 3.05) is 25.2 Å². The Morgan fingerprint density at radius 1 is 1.43 bits per heavy atom. The molecule has 1 N–H and O–H groups in total. The third-order valence-corrected chi connectivity index (χ3v) is 4.59. The van der Waals surface area contributed by atoms with Crippen molar-refractivity contribution in [3.63, 3.8) is 0 Å². The third-order valence-electron chi connectivity index (χ3n) is 3.58. The molecule has 1 saturated heterocycles. The Morgan fingerprint density at radius 2 is 2.10 bits per heavy atom. The molecule has 2 atom stereocenters. The summed E-state index contributed by atoms with van der Waals surface area (Å²) in [7, 11) is 1.60. The molecule has 0 spiro atoms. The number of carboxylic acids is 1. The second-order valence-electron chi connectivity index (χ2n) is 5.44. The highest BCUT2D eigenvalue weighted by Crippen LogP contribution is 2.23. The molecule has 1 aliphatic heterocycles. The van der Waals surface area contributed by atoms with Crippen LogP contribution in [0, 0.1) is 5.92 Å². The minimum Gasteiger partial charge on any atom is -0.481 e. The monoisotopic (exact) mass is 316 g/mol. The van der Waals surface area contributed by atoms with Gasteiger partial charge in [-0.25, -0.2) is 0 Å². The van der Waals surface area contributed by atoms with Gasteiger partial charge in [-0.3, -0.25) is 14.4 Å². The number of nitrogens with zero attached hydrogens (tertiary/aromatic N) is 2. The lowest BCUT2D eigenvalue weighted by molar-refractivity contribution is -0.146. The van der Waals surface area contributed by atoms with E-state index in [-0.39, 0.29) is 18.4 Å². The molecule has 0 aliphatic carbocycles. The lowest BCUT2D eigenvalue weighted by atomic mass is 10.1. The van der Waals surface area contributed by atoms with Gasteiger partial charge in [-0.05, 0) is 6.42 Å². The molecule has 0 aromatic heterocycles. The van der Waals surface area contributed by atoms with Crippen LogP contribution in [0.2, 0.25) is 0 Å². The van der Waals surface area contributed by atoms with Gasteiger partial charge in [0.05, 0.1) is 11.8 Å². The summed E-state index contributed by atoms with van der Waals surface area (Å²) in [5.41, 5.74) is 0. The molecule has 0 aromatic carbocycles. The first-order valence-corrected chi connectivity index (χ1v) is 8.38. The molecule has 0 aromatic rings. The van der Waals surface area contributed by atoms with Crippen molar-refractivity contribution < 1.29 is 19.5 Å². The first-order valence-electron chi connectivity index (χ1n) is 7.23. The van der Waals surface area contributed by atoms with Crippen molar-refractivity contribution in [2.24, 2.45) is 5.92 Å². The van der Waals surface area contributed by atoms with E-state index in [1.165, 1.54) is 4.90 Å². The minimum absolute atomic E-state index is 0.0138. The molecule has 2 amide bonds. The average molecular weight is 316 g/mol. The van der Waals surface area contributed by atoms with E-state index in [0.717, 1.165) is 12.8 Å². The number of rotatable bonds is 7. The zero-order chi connectivity index (χ0) is 16.0. The smallest absolute Gasteiger partial charge is 0.308 e. The van der Waals surface area contributed by atoms with Crippen LogP contribution in [0.15, 0.2) is 0 Å². The number of carbonyl (C=O) groups is 3. The Morgan fingerprint density at radius 3 is 2.67 bits per heavy atom. The molecule has 1 rings (SSSR count). The lowest BCUT2D eigenvalue weighted by Gasteiger charge is -2.28. The van der Waals surface area contributed by atoms with Crippen LogP contribution in [0.5, 0.6) is 0 Å². The molecule has 1 aliphatic rings. The van der Waals surface area contributed by atoms with Crippen molar-refractivity contribution in [1.82, 2.24) is 9.80 Å². The number of carboxylic acid groups (broad SMARTS) is 1. The normalized spacial score (nSPS) is 19.4. The number of likely N-dealkylation sites (N-methyl/N-ethyl adjacent to an activating group) is 1. The average Bonchev–Trinajstić information content (AvgIpc) is 2.92. The molecular formula is C14H24N2O4S. The Balaban J connectivity index is 2.62. The number of hydrogen-bond donors (Lipinski definition) is 1. The van der Waals surface area contributed by atoms with Gasteiger partial charge in [0.15, 0.2) is 0 Å². The quantitative estimate of drug-likeness (QED) is 0.765. The third kappa shape index (κ3) is 4.91. The molecule has 21 heavy (non-hydrogen) atoms. The summed E-state index contributed by atoms with van der Waals surface area (Å²) in [6.45, 7) is 3.75. The summed E-state index contributed by atoms with van der Waals surface area (Å²) < 4.78 is 0. The van der Waals surface area contributed by atoms with E-state index in [0.29, 0.717) is 18.1 Å². The van der Waals surface area contributed by atoms with Crippen molar-refractivity contribution in [2.45, 2.75) is 39.2 Å². The van der Waals surface area contributed by atoms with Crippen LogP contribution in [-0.4, -0.2) is 64.0 Å². The van der Waals surface area contributed by atoms with Crippen molar-refractivity contribution in [1.29, 1.82) is 0 Å². The molecule has 1 heterocycles. The topological polar surface area (TPSA) is 77.9 Å². The van der Waals surface area contributed by atoms with E-state index in [9.17, 15) is 14.4 Å². The maximum Gasteiger partial charge on any atom is 0.308 e. The van der Waals surface area contributed by atoms with Gasteiger partial charge in [0.1, 0.15) is 6.04 Å². The fourth-order valence-corrected chi connectivity index (χ4v) is 3.37. The maximum absolute atomic E-state index is 12.4. The fourth-order valence-electron chi connectivity index (χ4n) is 2.20. The molecule has 120 valence electrons. The predicted molar refractivity (Wildman–Crippen MR) is 81.9 cm³/mol. The number of hydrogen-bond acceptors (Lipinski definition) is 4. The maximum atomic E-state index is 12.4. The van der Waals surface area contributed by atoms with Crippen LogP contribution in [0.3, 0.4) is 0 Å². The van der Waals surface area contributed by atoms with Crippen molar-refractivity contribution in [3.8, 4) is 0 Å². The summed E-state index contributed by atoms with van der Waals surface area (Å²) in [4.78, 5) is 38.5. The Labute approximate surface area is 129 Å². The summed E-state index contributed by atoms with van der Waals surface area (Å²) in [6.07, 6.45) is 2.24. The molecule has 0 saturated carbocycles. The van der Waals surface area contributed by atoms with Crippen LogP contribution in [0.4, 0.5) is 0 Å². The second-order valence-corrected chi connectivity index (χ2v) is 6.44. The van der Waals surface area contributed by atoms with Crippen LogP contribution in [0.25, 0.3) is 0 Å². The van der Waals surface area contributed by atoms with Gasteiger partial charge in [-0.1, -0.05) is 20.3 Å². The van der Waals surface area contributed by atoms with Crippen LogP contribution >= 0.6 is 11.8 Å². The largest absolute Gasteiger partial charge is 0.481 e. The van der Waals surface area contributed by atoms with E-state index in [2.05, 4.69) is 0 Å². The van der Waals surface area contributed by atoms with E-state index >= 15 is 0 Å². The van der Waals surface area contributed by atoms with Crippen molar-refractivity contribution in [3.05, 3.63) is 0 Å². The predicted octanol–water partition coefficient (Wildman–Crippen LogP) is 1.26. The molecule has 6 nitrogen and oxygen atoms in total. The summed E-state index contributed by atoms with van der Waals surface area (Å²) in [6, 6.07) is -0.453. The highest BCUT2D eigenvalue weighted by molar-refractivity contribution is 7.99. The fraction of sp³-hybridized carbons (Fsp3) is 0.786. The highest BCUT2D eigenvalue weighted by Gasteiger charge is 2.36. The van der Waals surface area contributed by atoms with E-state index in [1.54, 1.807) is 30.6 Å². The van der Waals surface area contributed by atoms with Crippen LogP contribution in [-0.2, 0) is 14.4 Å². The molecule has 0 bridgehead atoms. The van der Waals surface area contributed by atoms with Crippen LogP contribution in [0.1, 0.15) is 33.1 Å². The van der Waals surface area contributed by atoms with Crippen LogP contribution < -0.4 is 0 Å². The Hall–Kier alpha value is -1.24. The van der Waals surface area contributed by atoms with E-state index in [1.807, 2.05) is 6.92 Å². The van der Waals surface area contributed by atoms with Gasteiger partial charge < -0.3 is 14.9 Å². The second kappa shape index (κ2) is 8.26. The van der Waals surface area contributed by atoms with Gasteiger partial charge in [0.2, 0.25) is 11.8 Å². The molecule has 1 fully saturated rings. The van der Waals surface area contributed by atoms with E-state index in [4.69, 9.17) is 5.11 Å². The number of thioether (sulfide) groups is 1. The minimum atomic E-state index is -0.925. The number of carbonyl (C=O) groups excluding carboxylic acids is 2. The number of unbranched alkanes of at least 4 members (excludes halogenated alkanes) is 1. The van der Waals surface area contributed by atoms with Gasteiger partial charge in [-0.2, -0.15) is 0 Å². The molecular weight excluding hydrogens is 292 g/mol. The zero-order valence-electron chi connectivity index (χ0n) is 12.9. The molecule has 2 unspecified atom stereocenters. The van der Waals surface area contributed by atoms with E-state index < -0.39 is 17.9 Å². The summed E-state index contributed by atoms with van der Waals surface area (Å²) >= 11 is 1.56. The Kier molecular flexibility index (Phi) is 7.01. The first kappa shape index (κ1) is 17.8. The summed E-state index contributed by atoms with van der Waals surface area (Å²) in [5, 5.41) is 8.91. The number of amides is 2. The summed E-state index contributed by atoms with van der Waals surface area (Å²) in [5.74, 6) is -0.564. The van der Waals surface area contributed by atoms with Gasteiger partial charge in [0.25, 0.3) is 0 Å². The first-order chi connectivity index (χ1) is 9.88. The van der Waals surface area contributed by atoms with Gasteiger partial charge in [-0.15, -0.1) is 11.8 Å². The lowest BCUT2D eigenvalue weighted by Crippen LogP contribution is -2.49. The SMILES string of the molecule is CCCCC(=O)N1CSCC1C(=O)N(C)CC(C)C(=O)O. The van der Waals surface area contributed by atoms with Crippen molar-refractivity contribution >= 4 is 29.5 Å².